The zero-order chi connectivity index (χ0) is 14.8. The number of benzene rings is 1. The van der Waals surface area contributed by atoms with Crippen LogP contribution in [0.5, 0.6) is 0 Å². The van der Waals surface area contributed by atoms with E-state index >= 15 is 0 Å². The number of carbonyl (C=O) groups excluding carboxylic acids is 1. The lowest BCUT2D eigenvalue weighted by molar-refractivity contribution is -0.115. The monoisotopic (exact) mass is 272 g/mol. The summed E-state index contributed by atoms with van der Waals surface area (Å²) in [6, 6.07) is 7.92. The molecule has 0 saturated carbocycles. The summed E-state index contributed by atoms with van der Waals surface area (Å²) in [5.74, 6) is 0.502. The maximum atomic E-state index is 11.9. The van der Waals surface area contributed by atoms with E-state index < -0.39 is 0 Å². The van der Waals surface area contributed by atoms with Crippen LogP contribution in [0, 0.1) is 6.92 Å². The number of amides is 1. The first-order valence-corrected chi connectivity index (χ1v) is 6.65. The number of anilines is 1. The molecule has 0 aliphatic rings. The van der Waals surface area contributed by atoms with Crippen LogP contribution in [0.1, 0.15) is 37.8 Å². The molecule has 2 aromatic rings. The van der Waals surface area contributed by atoms with Crippen LogP contribution in [0.15, 0.2) is 35.1 Å². The Morgan fingerprint density at radius 1 is 1.25 bits per heavy atom. The summed E-state index contributed by atoms with van der Waals surface area (Å²) in [4.78, 5) is 15.9. The number of hydrogen-bond donors (Lipinski definition) is 1. The number of oxazole rings is 1. The number of hydrogen-bond acceptors (Lipinski definition) is 3. The first-order valence-electron chi connectivity index (χ1n) is 6.65. The number of nitrogens with zero attached hydrogens (tertiary/aromatic N) is 1. The SMILES string of the molecule is Cc1ncoc1CC(=O)Nc1ccc(C(C)(C)C)cc1. The van der Waals surface area contributed by atoms with Crippen LogP contribution in [0.25, 0.3) is 0 Å². The van der Waals surface area contributed by atoms with Gasteiger partial charge >= 0.3 is 0 Å². The van der Waals surface area contributed by atoms with Crippen molar-refractivity contribution in [3.8, 4) is 0 Å². The van der Waals surface area contributed by atoms with Crippen LogP contribution in [0.2, 0.25) is 0 Å². The van der Waals surface area contributed by atoms with Gasteiger partial charge in [-0.1, -0.05) is 32.9 Å². The zero-order valence-electron chi connectivity index (χ0n) is 12.4. The number of aryl methyl sites for hydroxylation is 1. The van der Waals surface area contributed by atoms with E-state index in [2.05, 4.69) is 31.1 Å². The Bertz CT molecular complexity index is 592. The molecule has 0 spiro atoms. The highest BCUT2D eigenvalue weighted by molar-refractivity contribution is 5.92. The summed E-state index contributed by atoms with van der Waals surface area (Å²) in [5, 5.41) is 2.86. The second-order valence-electron chi connectivity index (χ2n) is 5.91. The molecule has 106 valence electrons. The molecule has 0 radical (unpaired) electrons. The second-order valence-corrected chi connectivity index (χ2v) is 5.91. The zero-order valence-corrected chi connectivity index (χ0v) is 12.4. The van der Waals surface area contributed by atoms with E-state index in [9.17, 15) is 4.79 Å². The van der Waals surface area contributed by atoms with Crippen molar-refractivity contribution in [3.05, 3.63) is 47.7 Å². The topological polar surface area (TPSA) is 55.1 Å². The average Bonchev–Trinajstić information content (AvgIpc) is 2.74. The maximum absolute atomic E-state index is 11.9. The Morgan fingerprint density at radius 3 is 2.40 bits per heavy atom. The van der Waals surface area contributed by atoms with E-state index in [1.165, 1.54) is 12.0 Å². The summed E-state index contributed by atoms with van der Waals surface area (Å²) in [6.07, 6.45) is 1.56. The van der Waals surface area contributed by atoms with Crippen LogP contribution < -0.4 is 5.32 Å². The van der Waals surface area contributed by atoms with Crippen molar-refractivity contribution < 1.29 is 9.21 Å². The van der Waals surface area contributed by atoms with Gasteiger partial charge in [0.1, 0.15) is 5.76 Å². The summed E-state index contributed by atoms with van der Waals surface area (Å²) in [7, 11) is 0. The Hall–Kier alpha value is -2.10. The van der Waals surface area contributed by atoms with E-state index in [-0.39, 0.29) is 17.7 Å². The lowest BCUT2D eigenvalue weighted by atomic mass is 9.87. The summed E-state index contributed by atoms with van der Waals surface area (Å²) < 4.78 is 5.16. The van der Waals surface area contributed by atoms with Gasteiger partial charge in [-0.3, -0.25) is 4.79 Å². The normalized spacial score (nSPS) is 11.4. The molecule has 1 heterocycles. The highest BCUT2D eigenvalue weighted by Crippen LogP contribution is 2.23. The molecular formula is C16H20N2O2. The molecule has 4 heteroatoms. The largest absolute Gasteiger partial charge is 0.448 e. The highest BCUT2D eigenvalue weighted by Gasteiger charge is 2.14. The minimum Gasteiger partial charge on any atom is -0.448 e. The van der Waals surface area contributed by atoms with Crippen molar-refractivity contribution in [2.24, 2.45) is 0 Å². The highest BCUT2D eigenvalue weighted by atomic mass is 16.3. The first-order chi connectivity index (χ1) is 9.36. The van der Waals surface area contributed by atoms with E-state index in [0.29, 0.717) is 5.76 Å². The van der Waals surface area contributed by atoms with Crippen LogP contribution in [-0.2, 0) is 16.6 Å². The predicted octanol–water partition coefficient (Wildman–Crippen LogP) is 3.46. The molecular weight excluding hydrogens is 252 g/mol. The van der Waals surface area contributed by atoms with E-state index in [1.807, 2.05) is 31.2 Å². The van der Waals surface area contributed by atoms with Crippen LogP contribution in [-0.4, -0.2) is 10.9 Å². The smallest absolute Gasteiger partial charge is 0.232 e. The van der Waals surface area contributed by atoms with Gasteiger partial charge < -0.3 is 9.73 Å². The third-order valence-electron chi connectivity index (χ3n) is 3.20. The number of carbonyl (C=O) groups is 1. The molecule has 0 aliphatic heterocycles. The van der Waals surface area contributed by atoms with Gasteiger partial charge in [-0.05, 0) is 30.0 Å². The van der Waals surface area contributed by atoms with Gasteiger partial charge in [0.25, 0.3) is 0 Å². The van der Waals surface area contributed by atoms with Gasteiger partial charge in [0.05, 0.1) is 12.1 Å². The maximum Gasteiger partial charge on any atom is 0.232 e. The molecule has 0 bridgehead atoms. The van der Waals surface area contributed by atoms with Gasteiger partial charge in [0.15, 0.2) is 6.39 Å². The average molecular weight is 272 g/mol. The Morgan fingerprint density at radius 2 is 1.90 bits per heavy atom. The fourth-order valence-corrected chi connectivity index (χ4v) is 1.90. The Labute approximate surface area is 119 Å². The predicted molar refractivity (Wildman–Crippen MR) is 78.7 cm³/mol. The minimum atomic E-state index is -0.103. The van der Waals surface area contributed by atoms with Crippen molar-refractivity contribution in [1.29, 1.82) is 0 Å². The van der Waals surface area contributed by atoms with Crippen molar-refractivity contribution in [1.82, 2.24) is 4.98 Å². The van der Waals surface area contributed by atoms with E-state index in [0.717, 1.165) is 11.4 Å². The van der Waals surface area contributed by atoms with Gasteiger partial charge in [-0.15, -0.1) is 0 Å². The number of aromatic nitrogens is 1. The molecule has 1 N–H and O–H groups in total. The molecule has 0 atom stereocenters. The Balaban J connectivity index is 2.00. The standard InChI is InChI=1S/C16H20N2O2/c1-11-14(20-10-17-11)9-15(19)18-13-7-5-12(6-8-13)16(2,3)4/h5-8,10H,9H2,1-4H3,(H,18,19). The van der Waals surface area contributed by atoms with Crippen molar-refractivity contribution >= 4 is 11.6 Å². The molecule has 1 aromatic heterocycles. The van der Waals surface area contributed by atoms with Crippen LogP contribution in [0.3, 0.4) is 0 Å². The molecule has 20 heavy (non-hydrogen) atoms. The minimum absolute atomic E-state index is 0.103. The fourth-order valence-electron chi connectivity index (χ4n) is 1.90. The number of rotatable bonds is 3. The van der Waals surface area contributed by atoms with Gasteiger partial charge in [-0.2, -0.15) is 0 Å². The van der Waals surface area contributed by atoms with E-state index in [4.69, 9.17) is 4.42 Å². The lowest BCUT2D eigenvalue weighted by Gasteiger charge is -2.19. The van der Waals surface area contributed by atoms with Crippen LogP contribution >= 0.6 is 0 Å². The third-order valence-corrected chi connectivity index (χ3v) is 3.20. The molecule has 0 fully saturated rings. The molecule has 0 saturated heterocycles. The molecule has 2 rings (SSSR count). The second kappa shape index (κ2) is 5.49. The van der Waals surface area contributed by atoms with Crippen molar-refractivity contribution in [2.75, 3.05) is 5.32 Å². The quantitative estimate of drug-likeness (QED) is 0.931. The van der Waals surface area contributed by atoms with E-state index in [1.54, 1.807) is 0 Å². The molecule has 0 unspecified atom stereocenters. The van der Waals surface area contributed by atoms with Gasteiger partial charge in [0, 0.05) is 5.69 Å². The Kier molecular flexibility index (Phi) is 3.93. The van der Waals surface area contributed by atoms with Crippen molar-refractivity contribution in [3.63, 3.8) is 0 Å². The summed E-state index contributed by atoms with van der Waals surface area (Å²) >= 11 is 0. The van der Waals surface area contributed by atoms with Crippen molar-refractivity contribution in [2.45, 2.75) is 39.5 Å². The third kappa shape index (κ3) is 3.47. The fraction of sp³-hybridized carbons (Fsp3) is 0.375. The van der Waals surface area contributed by atoms with Gasteiger partial charge in [0.2, 0.25) is 5.91 Å². The number of nitrogens with one attached hydrogen (secondary N) is 1. The molecule has 4 nitrogen and oxygen atoms in total. The summed E-state index contributed by atoms with van der Waals surface area (Å²) in [6.45, 7) is 8.30. The molecule has 1 amide bonds. The molecule has 1 aromatic carbocycles. The summed E-state index contributed by atoms with van der Waals surface area (Å²) in [5.41, 5.74) is 2.89. The molecule has 0 aliphatic carbocycles. The van der Waals surface area contributed by atoms with Crippen LogP contribution in [0.4, 0.5) is 5.69 Å². The van der Waals surface area contributed by atoms with Gasteiger partial charge in [-0.25, -0.2) is 4.98 Å². The lowest BCUT2D eigenvalue weighted by Crippen LogP contribution is -2.15. The first kappa shape index (κ1) is 14.3.